The Balaban J connectivity index is 1.66. The summed E-state index contributed by atoms with van der Waals surface area (Å²) in [6, 6.07) is 8.53. The minimum Gasteiger partial charge on any atom is -0.497 e. The van der Waals surface area contributed by atoms with Gasteiger partial charge in [0.25, 0.3) is 5.92 Å². The number of benzene rings is 1. The number of aromatic nitrogens is 1. The largest absolute Gasteiger partial charge is 0.497 e. The molecule has 32 heavy (non-hydrogen) atoms. The number of likely N-dealkylation sites (tertiary alicyclic amines) is 1. The third-order valence-electron chi connectivity index (χ3n) is 5.27. The second-order valence-electron chi connectivity index (χ2n) is 7.51. The number of carbonyl (C=O) groups excluding carboxylic acids is 3. The van der Waals surface area contributed by atoms with Crippen LogP contribution in [-0.2, 0) is 11.2 Å². The number of nitrogens with zero attached hydrogens (tertiary/aromatic N) is 3. The summed E-state index contributed by atoms with van der Waals surface area (Å²) >= 11 is 0. The Labute approximate surface area is 183 Å². The highest BCUT2D eigenvalue weighted by atomic mass is 19.3. The SMILES string of the molecule is COc1ccc(C(=O)Cc2cnccc2C(=O)CCC(=O)N2CC(F)(F)C[C@H]2C#N)cc1. The van der Waals surface area contributed by atoms with E-state index in [2.05, 4.69) is 4.98 Å². The molecule has 0 spiro atoms. The summed E-state index contributed by atoms with van der Waals surface area (Å²) < 4.78 is 32.2. The first-order valence-corrected chi connectivity index (χ1v) is 9.94. The molecule has 0 aliphatic carbocycles. The van der Waals surface area contributed by atoms with Gasteiger partial charge in [-0.2, -0.15) is 5.26 Å². The van der Waals surface area contributed by atoms with Gasteiger partial charge in [-0.05, 0) is 35.9 Å². The van der Waals surface area contributed by atoms with Crippen LogP contribution in [0.25, 0.3) is 0 Å². The van der Waals surface area contributed by atoms with E-state index in [1.165, 1.54) is 25.6 Å². The number of carbonyl (C=O) groups is 3. The molecule has 0 unspecified atom stereocenters. The lowest BCUT2D eigenvalue weighted by atomic mass is 9.96. The molecule has 7 nitrogen and oxygen atoms in total. The number of rotatable bonds is 8. The first kappa shape index (κ1) is 23.0. The molecule has 1 atom stereocenters. The molecule has 1 fully saturated rings. The van der Waals surface area contributed by atoms with Gasteiger partial charge < -0.3 is 9.64 Å². The maximum absolute atomic E-state index is 13.6. The van der Waals surface area contributed by atoms with E-state index in [9.17, 15) is 23.2 Å². The summed E-state index contributed by atoms with van der Waals surface area (Å²) in [5.41, 5.74) is 1.10. The van der Waals surface area contributed by atoms with Crippen molar-refractivity contribution in [1.29, 1.82) is 5.26 Å². The number of amides is 1. The number of hydrogen-bond acceptors (Lipinski definition) is 6. The Hall–Kier alpha value is -3.67. The molecule has 1 aromatic heterocycles. The second kappa shape index (κ2) is 9.64. The van der Waals surface area contributed by atoms with Crippen molar-refractivity contribution in [1.82, 2.24) is 9.88 Å². The molecule has 3 rings (SSSR count). The zero-order chi connectivity index (χ0) is 23.3. The van der Waals surface area contributed by atoms with Crippen LogP contribution in [0, 0.1) is 11.3 Å². The molecule has 0 saturated carbocycles. The smallest absolute Gasteiger partial charge is 0.268 e. The van der Waals surface area contributed by atoms with Crippen LogP contribution < -0.4 is 4.74 Å². The van der Waals surface area contributed by atoms with Crippen LogP contribution >= 0.6 is 0 Å². The van der Waals surface area contributed by atoms with Crippen molar-refractivity contribution in [3.63, 3.8) is 0 Å². The Kier molecular flexibility index (Phi) is 6.93. The van der Waals surface area contributed by atoms with Crippen LogP contribution in [0.1, 0.15) is 45.5 Å². The highest BCUT2D eigenvalue weighted by Crippen LogP contribution is 2.32. The molecule has 1 aromatic carbocycles. The standard InChI is InChI=1S/C23H21F2N3O4/c1-32-18-4-2-15(3-5-18)21(30)10-16-13-27-9-8-19(16)20(29)6-7-22(31)28-14-23(24,25)11-17(28)12-26/h2-5,8-9,13,17H,6-7,10-11,14H2,1H3/t17-/m0/s1. The second-order valence-corrected chi connectivity index (χ2v) is 7.51. The van der Waals surface area contributed by atoms with Gasteiger partial charge in [0.1, 0.15) is 11.8 Å². The predicted octanol–water partition coefficient (Wildman–Crippen LogP) is 3.24. The maximum atomic E-state index is 13.6. The van der Waals surface area contributed by atoms with Crippen LogP contribution in [-0.4, -0.2) is 53.0 Å². The molecule has 1 aliphatic heterocycles. The highest BCUT2D eigenvalue weighted by Gasteiger charge is 2.47. The van der Waals surface area contributed by atoms with Gasteiger partial charge in [-0.25, -0.2) is 8.78 Å². The summed E-state index contributed by atoms with van der Waals surface area (Å²) in [4.78, 5) is 42.5. The normalized spacial score (nSPS) is 16.9. The van der Waals surface area contributed by atoms with E-state index in [0.29, 0.717) is 16.9 Å². The first-order valence-electron chi connectivity index (χ1n) is 9.94. The average Bonchev–Trinajstić information content (AvgIpc) is 3.12. The van der Waals surface area contributed by atoms with Crippen molar-refractivity contribution in [3.8, 4) is 11.8 Å². The van der Waals surface area contributed by atoms with Crippen molar-refractivity contribution in [2.45, 2.75) is 37.6 Å². The van der Waals surface area contributed by atoms with Crippen molar-refractivity contribution >= 4 is 17.5 Å². The lowest BCUT2D eigenvalue weighted by molar-refractivity contribution is -0.132. The van der Waals surface area contributed by atoms with Gasteiger partial charge in [-0.3, -0.25) is 19.4 Å². The Morgan fingerprint density at radius 3 is 2.56 bits per heavy atom. The molecule has 0 radical (unpaired) electrons. The van der Waals surface area contributed by atoms with Crippen molar-refractivity contribution in [2.75, 3.05) is 13.7 Å². The van der Waals surface area contributed by atoms with Gasteiger partial charge in [0.2, 0.25) is 5.91 Å². The quantitative estimate of drug-likeness (QED) is 0.583. The van der Waals surface area contributed by atoms with Gasteiger partial charge >= 0.3 is 0 Å². The molecule has 1 saturated heterocycles. The summed E-state index contributed by atoms with van der Waals surface area (Å²) in [5.74, 6) is -3.80. The summed E-state index contributed by atoms with van der Waals surface area (Å²) in [7, 11) is 1.52. The number of hydrogen-bond donors (Lipinski definition) is 0. The van der Waals surface area contributed by atoms with Gasteiger partial charge in [-0.15, -0.1) is 0 Å². The lowest BCUT2D eigenvalue weighted by Gasteiger charge is -2.19. The first-order chi connectivity index (χ1) is 15.2. The van der Waals surface area contributed by atoms with Crippen LogP contribution in [0.15, 0.2) is 42.7 Å². The van der Waals surface area contributed by atoms with Gasteiger partial charge in [0.05, 0.1) is 19.7 Å². The number of ether oxygens (including phenoxy) is 1. The fourth-order valence-corrected chi connectivity index (χ4v) is 3.59. The van der Waals surface area contributed by atoms with Crippen molar-refractivity contribution < 1.29 is 27.9 Å². The lowest BCUT2D eigenvalue weighted by Crippen LogP contribution is -2.36. The van der Waals surface area contributed by atoms with Gasteiger partial charge in [0, 0.05) is 49.2 Å². The molecule has 2 heterocycles. The third kappa shape index (κ3) is 5.32. The number of pyridine rings is 1. The molecule has 0 N–H and O–H groups in total. The number of methoxy groups -OCH3 is 1. The monoisotopic (exact) mass is 441 g/mol. The molecular formula is C23H21F2N3O4. The van der Waals surface area contributed by atoms with E-state index in [4.69, 9.17) is 10.00 Å². The van der Waals surface area contributed by atoms with E-state index >= 15 is 0 Å². The van der Waals surface area contributed by atoms with E-state index in [1.807, 2.05) is 0 Å². The molecule has 1 amide bonds. The van der Waals surface area contributed by atoms with E-state index in [1.54, 1.807) is 30.3 Å². The van der Waals surface area contributed by atoms with Crippen LogP contribution in [0.4, 0.5) is 8.78 Å². The van der Waals surface area contributed by atoms with Crippen LogP contribution in [0.5, 0.6) is 5.75 Å². The van der Waals surface area contributed by atoms with Gasteiger partial charge in [0.15, 0.2) is 11.6 Å². The van der Waals surface area contributed by atoms with Gasteiger partial charge in [-0.1, -0.05) is 0 Å². The molecule has 166 valence electrons. The number of alkyl halides is 2. The average molecular weight is 441 g/mol. The van der Waals surface area contributed by atoms with Crippen molar-refractivity contribution in [2.24, 2.45) is 0 Å². The van der Waals surface area contributed by atoms with Crippen LogP contribution in [0.3, 0.4) is 0 Å². The fraction of sp³-hybridized carbons (Fsp3) is 0.348. The summed E-state index contributed by atoms with van der Waals surface area (Å²) in [6.07, 6.45) is 1.52. The molecular weight excluding hydrogens is 420 g/mol. The molecule has 1 aliphatic rings. The van der Waals surface area contributed by atoms with E-state index < -0.39 is 36.6 Å². The van der Waals surface area contributed by atoms with E-state index in [-0.39, 0.29) is 30.6 Å². The number of halogens is 2. The zero-order valence-corrected chi connectivity index (χ0v) is 17.4. The topological polar surface area (TPSA) is 100 Å². The minimum absolute atomic E-state index is 0.0654. The molecule has 0 bridgehead atoms. The summed E-state index contributed by atoms with van der Waals surface area (Å²) in [6.45, 7) is -0.824. The Morgan fingerprint density at radius 1 is 1.19 bits per heavy atom. The third-order valence-corrected chi connectivity index (χ3v) is 5.27. The summed E-state index contributed by atoms with van der Waals surface area (Å²) in [5, 5.41) is 9.03. The van der Waals surface area contributed by atoms with E-state index in [0.717, 1.165) is 4.90 Å². The zero-order valence-electron chi connectivity index (χ0n) is 17.4. The Bertz CT molecular complexity index is 1060. The predicted molar refractivity (Wildman–Crippen MR) is 110 cm³/mol. The number of nitriles is 1. The fourth-order valence-electron chi connectivity index (χ4n) is 3.59. The molecule has 2 aromatic rings. The van der Waals surface area contributed by atoms with Crippen LogP contribution in [0.2, 0.25) is 0 Å². The molecule has 9 heteroatoms. The maximum Gasteiger partial charge on any atom is 0.268 e. The highest BCUT2D eigenvalue weighted by molar-refractivity contribution is 6.02. The van der Waals surface area contributed by atoms with Crippen molar-refractivity contribution in [3.05, 3.63) is 59.4 Å². The Morgan fingerprint density at radius 2 is 1.91 bits per heavy atom. The minimum atomic E-state index is -3.11. The number of ketones is 2. The number of Topliss-reactive ketones (excluding diaryl/α,β-unsaturated/α-hetero) is 2.